The minimum absolute atomic E-state index is 0.142. The van der Waals surface area contributed by atoms with Gasteiger partial charge in [0.05, 0.1) is 28.2 Å². The van der Waals surface area contributed by atoms with E-state index >= 15 is 0 Å². The number of ether oxygens (including phenoxy) is 2. The third-order valence-electron chi connectivity index (χ3n) is 4.63. The van der Waals surface area contributed by atoms with Gasteiger partial charge in [0.2, 0.25) is 0 Å². The van der Waals surface area contributed by atoms with Crippen molar-refractivity contribution in [2.75, 3.05) is 12.8 Å². The monoisotopic (exact) mass is 413 g/mol. The van der Waals surface area contributed by atoms with Gasteiger partial charge in [-0.25, -0.2) is 8.78 Å². The Morgan fingerprint density at radius 2 is 1.85 bits per heavy atom. The van der Waals surface area contributed by atoms with Gasteiger partial charge in [-0.05, 0) is 37.1 Å². The number of hydrogen-bond donors (Lipinski definition) is 1. The van der Waals surface area contributed by atoms with Crippen LogP contribution in [0.4, 0.5) is 14.5 Å². The molecule has 1 saturated carbocycles. The highest BCUT2D eigenvalue weighted by Gasteiger charge is 2.55. The number of anilines is 1. The van der Waals surface area contributed by atoms with Crippen LogP contribution in [0.25, 0.3) is 11.0 Å². The number of aromatic nitrogens is 2. The fourth-order valence-corrected chi connectivity index (χ4v) is 3.71. The molecule has 0 unspecified atom stereocenters. The molecule has 2 N–H and O–H groups in total. The molecule has 0 aliphatic heterocycles. The number of nitrogens with two attached hydrogens (primary N) is 1. The lowest BCUT2D eigenvalue weighted by Crippen LogP contribution is -2.26. The first kappa shape index (κ1) is 18.1. The molecule has 2 aromatic carbocycles. The Balaban J connectivity index is 1.81. The summed E-state index contributed by atoms with van der Waals surface area (Å²) in [6.45, 7) is 0. The lowest BCUT2D eigenvalue weighted by Gasteiger charge is -2.19. The van der Waals surface area contributed by atoms with Gasteiger partial charge in [-0.3, -0.25) is 4.57 Å². The molecule has 0 bridgehead atoms. The average Bonchev–Trinajstić information content (AvgIpc) is 3.33. The van der Waals surface area contributed by atoms with Crippen molar-refractivity contribution in [2.45, 2.75) is 24.8 Å². The fourth-order valence-electron chi connectivity index (χ4n) is 3.13. The topological polar surface area (TPSA) is 62.3 Å². The lowest BCUT2D eigenvalue weighted by molar-refractivity contribution is 0.0646. The van der Waals surface area contributed by atoms with Crippen molar-refractivity contribution in [3.63, 3.8) is 0 Å². The quantitative estimate of drug-likeness (QED) is 0.562. The second kappa shape index (κ2) is 6.42. The van der Waals surface area contributed by atoms with Gasteiger partial charge >= 0.3 is 0 Å². The van der Waals surface area contributed by atoms with E-state index in [0.29, 0.717) is 35.3 Å². The minimum Gasteiger partial charge on any atom is -0.468 e. The highest BCUT2D eigenvalue weighted by Crippen LogP contribution is 2.52. The van der Waals surface area contributed by atoms with Crippen LogP contribution in [-0.4, -0.2) is 23.1 Å². The van der Waals surface area contributed by atoms with Crippen LogP contribution in [0.5, 0.6) is 17.5 Å². The number of benzene rings is 2. The number of halogens is 4. The molecule has 27 heavy (non-hydrogen) atoms. The van der Waals surface area contributed by atoms with E-state index in [-0.39, 0.29) is 21.8 Å². The van der Waals surface area contributed by atoms with E-state index in [1.54, 1.807) is 18.2 Å². The van der Waals surface area contributed by atoms with Crippen LogP contribution in [0.2, 0.25) is 10.0 Å². The summed E-state index contributed by atoms with van der Waals surface area (Å²) in [5, 5.41) is 0.495. The molecule has 9 heteroatoms. The van der Waals surface area contributed by atoms with Crippen LogP contribution in [0.1, 0.15) is 12.8 Å². The van der Waals surface area contributed by atoms with Gasteiger partial charge in [-0.15, -0.1) is 0 Å². The van der Waals surface area contributed by atoms with Gasteiger partial charge in [0.1, 0.15) is 11.3 Å². The SMILES string of the molecule is COc1nc2ccc(Oc3c(Cl)cc(N)cc3Cl)cc2n1C1(C(F)F)CC1. The van der Waals surface area contributed by atoms with Crippen molar-refractivity contribution >= 4 is 39.9 Å². The summed E-state index contributed by atoms with van der Waals surface area (Å²) in [6, 6.07) is 8.13. The Hall–Kier alpha value is -2.25. The van der Waals surface area contributed by atoms with E-state index in [4.69, 9.17) is 38.4 Å². The van der Waals surface area contributed by atoms with E-state index in [9.17, 15) is 8.78 Å². The van der Waals surface area contributed by atoms with E-state index in [1.807, 2.05) is 0 Å². The number of alkyl halides is 2. The van der Waals surface area contributed by atoms with Crippen LogP contribution >= 0.6 is 23.2 Å². The third-order valence-corrected chi connectivity index (χ3v) is 5.19. The van der Waals surface area contributed by atoms with E-state index < -0.39 is 12.0 Å². The molecule has 1 aliphatic rings. The molecular formula is C18H15Cl2F2N3O2. The van der Waals surface area contributed by atoms with Gasteiger partial charge in [-0.1, -0.05) is 23.2 Å². The van der Waals surface area contributed by atoms with Gasteiger partial charge in [0, 0.05) is 11.8 Å². The Labute approximate surface area is 163 Å². The van der Waals surface area contributed by atoms with Gasteiger partial charge in [0.25, 0.3) is 12.4 Å². The summed E-state index contributed by atoms with van der Waals surface area (Å²) >= 11 is 12.3. The first-order chi connectivity index (χ1) is 12.9. The van der Waals surface area contributed by atoms with Crippen LogP contribution in [0.3, 0.4) is 0 Å². The van der Waals surface area contributed by atoms with Crippen molar-refractivity contribution < 1.29 is 18.3 Å². The molecule has 1 heterocycles. The standard InChI is InChI=1S/C18H15Cl2F2N3O2/c1-26-17-24-13-3-2-10(27-15-11(19)6-9(23)7-12(15)20)8-14(13)25(17)18(4-5-18)16(21)22/h2-3,6-8,16H,4-5,23H2,1H3. The summed E-state index contributed by atoms with van der Waals surface area (Å²) in [5.74, 6) is 0.616. The highest BCUT2D eigenvalue weighted by molar-refractivity contribution is 6.37. The van der Waals surface area contributed by atoms with Crippen molar-refractivity contribution in [1.29, 1.82) is 0 Å². The smallest absolute Gasteiger partial charge is 0.297 e. The predicted octanol–water partition coefficient (Wildman–Crippen LogP) is 5.48. The molecule has 4 rings (SSSR count). The molecule has 3 aromatic rings. The maximum atomic E-state index is 13.7. The van der Waals surface area contributed by atoms with Crippen LogP contribution in [0, 0.1) is 0 Å². The number of nitrogen functional groups attached to an aromatic ring is 1. The molecule has 1 aromatic heterocycles. The molecule has 0 radical (unpaired) electrons. The number of methoxy groups -OCH3 is 1. The number of rotatable bonds is 5. The highest BCUT2D eigenvalue weighted by atomic mass is 35.5. The summed E-state index contributed by atoms with van der Waals surface area (Å²) in [6.07, 6.45) is -1.82. The summed E-state index contributed by atoms with van der Waals surface area (Å²) in [5.41, 5.74) is 5.82. The molecule has 0 amide bonds. The lowest BCUT2D eigenvalue weighted by atomic mass is 10.2. The zero-order valence-corrected chi connectivity index (χ0v) is 15.7. The number of hydrogen-bond acceptors (Lipinski definition) is 4. The van der Waals surface area contributed by atoms with Gasteiger partial charge in [0.15, 0.2) is 5.75 Å². The zero-order valence-electron chi connectivity index (χ0n) is 14.2. The Kier molecular flexibility index (Phi) is 4.31. The first-order valence-corrected chi connectivity index (χ1v) is 8.89. The average molecular weight is 414 g/mol. The second-order valence-corrected chi connectivity index (χ2v) is 7.22. The normalized spacial score (nSPS) is 15.3. The third kappa shape index (κ3) is 2.95. The molecule has 5 nitrogen and oxygen atoms in total. The molecule has 1 aliphatic carbocycles. The van der Waals surface area contributed by atoms with Crippen molar-refractivity contribution in [3.05, 3.63) is 40.4 Å². The Morgan fingerprint density at radius 3 is 2.41 bits per heavy atom. The number of fused-ring (bicyclic) bond motifs is 1. The van der Waals surface area contributed by atoms with E-state index in [1.165, 1.54) is 23.8 Å². The molecule has 0 spiro atoms. The molecule has 0 saturated heterocycles. The minimum atomic E-state index is -2.53. The first-order valence-electron chi connectivity index (χ1n) is 8.13. The number of imidazole rings is 1. The molecule has 0 atom stereocenters. The van der Waals surface area contributed by atoms with Crippen LogP contribution in [0.15, 0.2) is 30.3 Å². The fraction of sp³-hybridized carbons (Fsp3) is 0.278. The predicted molar refractivity (Wildman–Crippen MR) is 100 cm³/mol. The van der Waals surface area contributed by atoms with Crippen LogP contribution in [-0.2, 0) is 5.54 Å². The van der Waals surface area contributed by atoms with E-state index in [0.717, 1.165) is 0 Å². The van der Waals surface area contributed by atoms with Crippen LogP contribution < -0.4 is 15.2 Å². The van der Waals surface area contributed by atoms with Crippen molar-refractivity contribution in [2.24, 2.45) is 0 Å². The van der Waals surface area contributed by atoms with Gasteiger partial charge in [-0.2, -0.15) is 4.98 Å². The second-order valence-electron chi connectivity index (χ2n) is 6.40. The van der Waals surface area contributed by atoms with E-state index in [2.05, 4.69) is 4.98 Å². The van der Waals surface area contributed by atoms with Gasteiger partial charge < -0.3 is 15.2 Å². The van der Waals surface area contributed by atoms with Crippen molar-refractivity contribution in [3.8, 4) is 17.5 Å². The zero-order chi connectivity index (χ0) is 19.3. The maximum absolute atomic E-state index is 13.7. The Bertz CT molecular complexity index is 1010. The maximum Gasteiger partial charge on any atom is 0.297 e. The molecular weight excluding hydrogens is 399 g/mol. The summed E-state index contributed by atoms with van der Waals surface area (Å²) in [4.78, 5) is 4.30. The molecule has 1 fully saturated rings. The largest absolute Gasteiger partial charge is 0.468 e. The summed E-state index contributed by atoms with van der Waals surface area (Å²) in [7, 11) is 1.41. The summed E-state index contributed by atoms with van der Waals surface area (Å²) < 4.78 is 39.9. The number of nitrogens with zero attached hydrogens (tertiary/aromatic N) is 2. The van der Waals surface area contributed by atoms with Crippen molar-refractivity contribution in [1.82, 2.24) is 9.55 Å². The Morgan fingerprint density at radius 1 is 1.19 bits per heavy atom. The molecule has 142 valence electrons.